The van der Waals surface area contributed by atoms with E-state index in [0.29, 0.717) is 39.4 Å². The molecule has 0 saturated heterocycles. The molecule has 0 aliphatic rings. The van der Waals surface area contributed by atoms with Crippen LogP contribution in [0.15, 0.2) is 59.3 Å². The molecular weight excluding hydrogens is 349 g/mol. The summed E-state index contributed by atoms with van der Waals surface area (Å²) < 4.78 is 5.16. The SMILES string of the molecule is O=C(NCc1ccco1)c1ccc(Nc2ccc(Cl)cc2Cl)nc1. The number of hydrogen-bond acceptors (Lipinski definition) is 4. The van der Waals surface area contributed by atoms with Gasteiger partial charge in [-0.05, 0) is 42.5 Å². The molecule has 7 heteroatoms. The number of anilines is 2. The molecule has 5 nitrogen and oxygen atoms in total. The minimum absolute atomic E-state index is 0.227. The lowest BCUT2D eigenvalue weighted by molar-refractivity contribution is 0.0947. The van der Waals surface area contributed by atoms with Gasteiger partial charge in [-0.1, -0.05) is 23.2 Å². The summed E-state index contributed by atoms with van der Waals surface area (Å²) in [4.78, 5) is 16.3. The summed E-state index contributed by atoms with van der Waals surface area (Å²) in [5.41, 5.74) is 1.14. The molecule has 0 spiro atoms. The number of carbonyl (C=O) groups is 1. The van der Waals surface area contributed by atoms with E-state index < -0.39 is 0 Å². The maximum Gasteiger partial charge on any atom is 0.253 e. The minimum atomic E-state index is -0.227. The Morgan fingerprint density at radius 2 is 2.04 bits per heavy atom. The molecule has 3 aromatic rings. The van der Waals surface area contributed by atoms with E-state index in [1.807, 2.05) is 0 Å². The van der Waals surface area contributed by atoms with Gasteiger partial charge in [0, 0.05) is 11.2 Å². The van der Waals surface area contributed by atoms with Gasteiger partial charge in [-0.15, -0.1) is 0 Å². The highest BCUT2D eigenvalue weighted by atomic mass is 35.5. The monoisotopic (exact) mass is 361 g/mol. The third-order valence-corrected chi connectivity index (χ3v) is 3.77. The normalized spacial score (nSPS) is 10.4. The summed E-state index contributed by atoms with van der Waals surface area (Å²) >= 11 is 12.0. The van der Waals surface area contributed by atoms with E-state index in [4.69, 9.17) is 27.6 Å². The lowest BCUT2D eigenvalue weighted by Gasteiger charge is -2.08. The van der Waals surface area contributed by atoms with Crippen LogP contribution < -0.4 is 10.6 Å². The number of amides is 1. The van der Waals surface area contributed by atoms with Crippen molar-refractivity contribution in [3.8, 4) is 0 Å². The van der Waals surface area contributed by atoms with Gasteiger partial charge in [0.15, 0.2) is 0 Å². The number of hydrogen-bond donors (Lipinski definition) is 2. The quantitative estimate of drug-likeness (QED) is 0.693. The van der Waals surface area contributed by atoms with Crippen molar-refractivity contribution in [2.75, 3.05) is 5.32 Å². The fourth-order valence-electron chi connectivity index (χ4n) is 2.01. The molecule has 2 aromatic heterocycles. The molecule has 122 valence electrons. The van der Waals surface area contributed by atoms with Gasteiger partial charge in [-0.25, -0.2) is 4.98 Å². The van der Waals surface area contributed by atoms with Crippen molar-refractivity contribution >= 4 is 40.6 Å². The van der Waals surface area contributed by atoms with E-state index >= 15 is 0 Å². The molecule has 1 amide bonds. The van der Waals surface area contributed by atoms with Gasteiger partial charge in [0.2, 0.25) is 0 Å². The largest absolute Gasteiger partial charge is 0.467 e. The topological polar surface area (TPSA) is 67.2 Å². The van der Waals surface area contributed by atoms with E-state index in [1.54, 1.807) is 48.7 Å². The lowest BCUT2D eigenvalue weighted by Crippen LogP contribution is -2.22. The van der Waals surface area contributed by atoms with Crippen molar-refractivity contribution < 1.29 is 9.21 Å². The zero-order chi connectivity index (χ0) is 16.9. The molecular formula is C17H13Cl2N3O2. The summed E-state index contributed by atoms with van der Waals surface area (Å²) in [6, 6.07) is 12.1. The lowest BCUT2D eigenvalue weighted by atomic mass is 10.2. The fourth-order valence-corrected chi connectivity index (χ4v) is 2.47. The Morgan fingerprint density at radius 3 is 2.71 bits per heavy atom. The Bertz CT molecular complexity index is 834. The zero-order valence-electron chi connectivity index (χ0n) is 12.4. The second-order valence-electron chi connectivity index (χ2n) is 4.94. The van der Waals surface area contributed by atoms with Crippen molar-refractivity contribution in [2.45, 2.75) is 6.54 Å². The van der Waals surface area contributed by atoms with Crippen LogP contribution in [-0.4, -0.2) is 10.9 Å². The number of benzene rings is 1. The summed E-state index contributed by atoms with van der Waals surface area (Å²) in [6.07, 6.45) is 3.05. The van der Waals surface area contributed by atoms with Gasteiger partial charge >= 0.3 is 0 Å². The Kier molecular flexibility index (Phi) is 5.03. The highest BCUT2D eigenvalue weighted by Crippen LogP contribution is 2.27. The van der Waals surface area contributed by atoms with Crippen molar-refractivity contribution in [1.29, 1.82) is 0 Å². The molecule has 0 atom stereocenters. The van der Waals surface area contributed by atoms with Crippen LogP contribution in [0.25, 0.3) is 0 Å². The highest BCUT2D eigenvalue weighted by Gasteiger charge is 2.08. The van der Waals surface area contributed by atoms with Crippen LogP contribution >= 0.6 is 23.2 Å². The maximum atomic E-state index is 12.1. The van der Waals surface area contributed by atoms with Crippen molar-refractivity contribution in [1.82, 2.24) is 10.3 Å². The third-order valence-electron chi connectivity index (χ3n) is 3.22. The molecule has 2 heterocycles. The van der Waals surface area contributed by atoms with Crippen LogP contribution in [0.1, 0.15) is 16.1 Å². The van der Waals surface area contributed by atoms with Gasteiger partial charge in [-0.2, -0.15) is 0 Å². The van der Waals surface area contributed by atoms with Gasteiger partial charge in [-0.3, -0.25) is 4.79 Å². The number of furan rings is 1. The zero-order valence-corrected chi connectivity index (χ0v) is 13.9. The maximum absolute atomic E-state index is 12.1. The Morgan fingerprint density at radius 1 is 1.17 bits per heavy atom. The van der Waals surface area contributed by atoms with Gasteiger partial charge < -0.3 is 15.1 Å². The average molecular weight is 362 g/mol. The number of rotatable bonds is 5. The number of aromatic nitrogens is 1. The second-order valence-corrected chi connectivity index (χ2v) is 5.79. The van der Waals surface area contributed by atoms with E-state index in [0.717, 1.165) is 0 Å². The fraction of sp³-hybridized carbons (Fsp3) is 0.0588. The number of halogens is 2. The van der Waals surface area contributed by atoms with Crippen LogP contribution in [0, 0.1) is 0 Å². The Balaban J connectivity index is 1.63. The Hall–Kier alpha value is -2.50. The average Bonchev–Trinajstić information content (AvgIpc) is 3.09. The molecule has 0 fully saturated rings. The number of carbonyl (C=O) groups excluding carboxylic acids is 1. The van der Waals surface area contributed by atoms with Crippen molar-refractivity contribution in [2.24, 2.45) is 0 Å². The van der Waals surface area contributed by atoms with Crippen molar-refractivity contribution in [3.05, 3.63) is 76.3 Å². The molecule has 24 heavy (non-hydrogen) atoms. The molecule has 0 bridgehead atoms. The predicted molar refractivity (Wildman–Crippen MR) is 93.9 cm³/mol. The van der Waals surface area contributed by atoms with E-state index in [1.165, 1.54) is 6.20 Å². The van der Waals surface area contributed by atoms with Crippen LogP contribution in [-0.2, 0) is 6.54 Å². The van der Waals surface area contributed by atoms with Gasteiger partial charge in [0.05, 0.1) is 29.1 Å². The summed E-state index contributed by atoms with van der Waals surface area (Å²) in [7, 11) is 0. The van der Waals surface area contributed by atoms with Crippen LogP contribution in [0.5, 0.6) is 0 Å². The molecule has 2 N–H and O–H groups in total. The molecule has 0 aliphatic carbocycles. The number of pyridine rings is 1. The summed E-state index contributed by atoms with van der Waals surface area (Å²) in [6.45, 7) is 0.326. The molecule has 0 radical (unpaired) electrons. The third kappa shape index (κ3) is 4.07. The van der Waals surface area contributed by atoms with Crippen LogP contribution in [0.2, 0.25) is 10.0 Å². The minimum Gasteiger partial charge on any atom is -0.467 e. The van der Waals surface area contributed by atoms with Crippen molar-refractivity contribution in [3.63, 3.8) is 0 Å². The van der Waals surface area contributed by atoms with Gasteiger partial charge in [0.25, 0.3) is 5.91 Å². The molecule has 0 aliphatic heterocycles. The summed E-state index contributed by atoms with van der Waals surface area (Å²) in [5, 5.41) is 6.88. The molecule has 3 rings (SSSR count). The highest BCUT2D eigenvalue weighted by molar-refractivity contribution is 6.36. The number of nitrogens with one attached hydrogen (secondary N) is 2. The van der Waals surface area contributed by atoms with E-state index in [2.05, 4.69) is 15.6 Å². The van der Waals surface area contributed by atoms with E-state index in [9.17, 15) is 4.79 Å². The van der Waals surface area contributed by atoms with Crippen LogP contribution in [0.3, 0.4) is 0 Å². The summed E-state index contributed by atoms with van der Waals surface area (Å²) in [5.74, 6) is 1.03. The predicted octanol–water partition coefficient (Wildman–Crippen LogP) is 4.66. The van der Waals surface area contributed by atoms with E-state index in [-0.39, 0.29) is 5.91 Å². The first kappa shape index (κ1) is 16.4. The second kappa shape index (κ2) is 7.38. The number of nitrogens with zero attached hydrogens (tertiary/aromatic N) is 1. The smallest absolute Gasteiger partial charge is 0.253 e. The first-order valence-electron chi connectivity index (χ1n) is 7.10. The van der Waals surface area contributed by atoms with Crippen LogP contribution in [0.4, 0.5) is 11.5 Å². The van der Waals surface area contributed by atoms with Gasteiger partial charge in [0.1, 0.15) is 11.6 Å². The molecule has 0 saturated carbocycles. The molecule has 1 aromatic carbocycles. The standard InChI is InChI=1S/C17H13Cl2N3O2/c18-12-4-5-15(14(19)8-12)22-16-6-3-11(9-20-16)17(23)21-10-13-2-1-7-24-13/h1-9H,10H2,(H,20,22)(H,21,23). The first-order chi connectivity index (χ1) is 11.6. The molecule has 0 unspecified atom stereocenters. The first-order valence-corrected chi connectivity index (χ1v) is 7.86. The Labute approximate surface area is 148 Å².